The molecule has 1 N–H and O–H groups in total. The Balaban J connectivity index is 2.49. The zero-order valence-electron chi connectivity index (χ0n) is 9.22. The van der Waals surface area contributed by atoms with E-state index in [4.69, 9.17) is 0 Å². The Labute approximate surface area is 103 Å². The molecule has 0 atom stereocenters. The van der Waals surface area contributed by atoms with Crippen LogP contribution >= 0.6 is 15.9 Å². The third-order valence-electron chi connectivity index (χ3n) is 2.15. The fourth-order valence-electron chi connectivity index (χ4n) is 1.43. The molecule has 0 aliphatic rings. The molecular weight excluding hydrogens is 273 g/mol. The Morgan fingerprint density at radius 2 is 2.19 bits per heavy atom. The van der Waals surface area contributed by atoms with Crippen molar-refractivity contribution >= 4 is 21.7 Å². The lowest BCUT2D eigenvalue weighted by Gasteiger charge is -2.03. The van der Waals surface area contributed by atoms with E-state index in [9.17, 15) is 9.18 Å². The average molecular weight is 288 g/mol. The summed E-state index contributed by atoms with van der Waals surface area (Å²) in [6.45, 7) is 3.54. The molecule has 1 rings (SSSR count). The van der Waals surface area contributed by atoms with Crippen molar-refractivity contribution in [2.75, 3.05) is 13.1 Å². The number of hydrogen-bond acceptors (Lipinski definition) is 2. The maximum Gasteiger partial charge on any atom is 0.138 e. The number of Topliss-reactive ketones (excluding diaryl/α,β-unsaturated/α-hetero) is 1. The predicted molar refractivity (Wildman–Crippen MR) is 66.0 cm³/mol. The van der Waals surface area contributed by atoms with E-state index in [-0.39, 0.29) is 11.6 Å². The molecule has 0 heterocycles. The van der Waals surface area contributed by atoms with Gasteiger partial charge < -0.3 is 5.32 Å². The lowest BCUT2D eigenvalue weighted by atomic mass is 10.1. The van der Waals surface area contributed by atoms with E-state index in [2.05, 4.69) is 21.2 Å². The molecule has 1 aromatic rings. The second kappa shape index (κ2) is 6.76. The maximum atomic E-state index is 13.0. The first kappa shape index (κ1) is 13.3. The SMILES string of the molecule is CCNCCC(=O)Cc1cc(F)cc(Br)c1. The van der Waals surface area contributed by atoms with Gasteiger partial charge in [0.1, 0.15) is 11.6 Å². The van der Waals surface area contributed by atoms with E-state index < -0.39 is 0 Å². The second-order valence-electron chi connectivity index (χ2n) is 3.60. The Kier molecular flexibility index (Phi) is 5.63. The van der Waals surface area contributed by atoms with Gasteiger partial charge in [-0.25, -0.2) is 4.39 Å². The van der Waals surface area contributed by atoms with Gasteiger partial charge in [0.2, 0.25) is 0 Å². The van der Waals surface area contributed by atoms with Crippen molar-refractivity contribution in [3.8, 4) is 0 Å². The number of rotatable bonds is 6. The third kappa shape index (κ3) is 4.86. The molecular formula is C12H15BrFNO. The van der Waals surface area contributed by atoms with Crippen LogP contribution in [-0.2, 0) is 11.2 Å². The van der Waals surface area contributed by atoms with Crippen molar-refractivity contribution in [1.29, 1.82) is 0 Å². The van der Waals surface area contributed by atoms with Gasteiger partial charge in [-0.05, 0) is 30.3 Å². The van der Waals surface area contributed by atoms with Crippen molar-refractivity contribution in [2.24, 2.45) is 0 Å². The number of carbonyl (C=O) groups excluding carboxylic acids is 1. The minimum absolute atomic E-state index is 0.124. The molecule has 16 heavy (non-hydrogen) atoms. The third-order valence-corrected chi connectivity index (χ3v) is 2.61. The van der Waals surface area contributed by atoms with Gasteiger partial charge in [-0.15, -0.1) is 0 Å². The summed E-state index contributed by atoms with van der Waals surface area (Å²) in [5.41, 5.74) is 0.716. The first-order valence-electron chi connectivity index (χ1n) is 5.29. The standard InChI is InChI=1S/C12H15BrFNO/c1-2-15-4-3-12(16)7-9-5-10(13)8-11(14)6-9/h5-6,8,15H,2-4,7H2,1H3. The number of benzene rings is 1. The Bertz CT molecular complexity index is 348. The minimum atomic E-state index is -0.316. The molecule has 0 radical (unpaired) electrons. The highest BCUT2D eigenvalue weighted by molar-refractivity contribution is 9.10. The van der Waals surface area contributed by atoms with E-state index in [1.165, 1.54) is 12.1 Å². The van der Waals surface area contributed by atoms with Gasteiger partial charge in [-0.3, -0.25) is 4.79 Å². The zero-order chi connectivity index (χ0) is 12.0. The Morgan fingerprint density at radius 3 is 2.81 bits per heavy atom. The number of hydrogen-bond donors (Lipinski definition) is 1. The van der Waals surface area contributed by atoms with Crippen molar-refractivity contribution in [3.63, 3.8) is 0 Å². The summed E-state index contributed by atoms with van der Waals surface area (Å²) < 4.78 is 13.7. The van der Waals surface area contributed by atoms with Crippen LogP contribution in [0.5, 0.6) is 0 Å². The van der Waals surface area contributed by atoms with E-state index in [1.54, 1.807) is 6.07 Å². The molecule has 0 bridgehead atoms. The summed E-state index contributed by atoms with van der Waals surface area (Å²) in [6.07, 6.45) is 0.781. The van der Waals surface area contributed by atoms with Crippen molar-refractivity contribution in [2.45, 2.75) is 19.8 Å². The van der Waals surface area contributed by atoms with E-state index in [0.29, 0.717) is 29.4 Å². The highest BCUT2D eigenvalue weighted by Crippen LogP contribution is 2.15. The lowest BCUT2D eigenvalue weighted by Crippen LogP contribution is -2.18. The molecule has 0 aliphatic carbocycles. The summed E-state index contributed by atoms with van der Waals surface area (Å²) in [5, 5.41) is 3.08. The van der Waals surface area contributed by atoms with Crippen LogP contribution in [0.2, 0.25) is 0 Å². The minimum Gasteiger partial charge on any atom is -0.317 e. The van der Waals surface area contributed by atoms with E-state index in [1.807, 2.05) is 6.92 Å². The summed E-state index contributed by atoms with van der Waals surface area (Å²) in [7, 11) is 0. The summed E-state index contributed by atoms with van der Waals surface area (Å²) in [4.78, 5) is 11.5. The lowest BCUT2D eigenvalue weighted by molar-refractivity contribution is -0.118. The number of ketones is 1. The van der Waals surface area contributed by atoms with Crippen LogP contribution in [0.3, 0.4) is 0 Å². The zero-order valence-corrected chi connectivity index (χ0v) is 10.8. The first-order chi connectivity index (χ1) is 7.61. The van der Waals surface area contributed by atoms with Gasteiger partial charge >= 0.3 is 0 Å². The molecule has 2 nitrogen and oxygen atoms in total. The van der Waals surface area contributed by atoms with Crippen LogP contribution in [0.15, 0.2) is 22.7 Å². The van der Waals surface area contributed by atoms with Crippen LogP contribution in [0.4, 0.5) is 4.39 Å². The highest BCUT2D eigenvalue weighted by atomic mass is 79.9. The number of halogens is 2. The smallest absolute Gasteiger partial charge is 0.138 e. The summed E-state index contributed by atoms with van der Waals surface area (Å²) in [6, 6.07) is 4.55. The predicted octanol–water partition coefficient (Wildman–Crippen LogP) is 2.70. The van der Waals surface area contributed by atoms with Crippen LogP contribution in [0.1, 0.15) is 18.9 Å². The van der Waals surface area contributed by atoms with Crippen molar-refractivity contribution in [1.82, 2.24) is 5.32 Å². The van der Waals surface area contributed by atoms with Gasteiger partial charge in [-0.1, -0.05) is 22.9 Å². The van der Waals surface area contributed by atoms with Gasteiger partial charge in [-0.2, -0.15) is 0 Å². The summed E-state index contributed by atoms with van der Waals surface area (Å²) >= 11 is 3.20. The Morgan fingerprint density at radius 1 is 1.44 bits per heavy atom. The molecule has 0 spiro atoms. The molecule has 88 valence electrons. The normalized spacial score (nSPS) is 10.4. The van der Waals surface area contributed by atoms with Gasteiger partial charge in [0, 0.05) is 23.9 Å². The van der Waals surface area contributed by atoms with Gasteiger partial charge in [0.25, 0.3) is 0 Å². The fraction of sp³-hybridized carbons (Fsp3) is 0.417. The summed E-state index contributed by atoms with van der Waals surface area (Å²) in [5.74, 6) is -0.192. The number of carbonyl (C=O) groups is 1. The average Bonchev–Trinajstić information content (AvgIpc) is 2.16. The quantitative estimate of drug-likeness (QED) is 0.815. The van der Waals surface area contributed by atoms with Crippen LogP contribution in [0.25, 0.3) is 0 Å². The van der Waals surface area contributed by atoms with Gasteiger partial charge in [0.15, 0.2) is 0 Å². The number of nitrogens with one attached hydrogen (secondary N) is 1. The fourth-order valence-corrected chi connectivity index (χ4v) is 1.95. The molecule has 0 fully saturated rings. The van der Waals surface area contributed by atoms with E-state index >= 15 is 0 Å². The second-order valence-corrected chi connectivity index (χ2v) is 4.51. The first-order valence-corrected chi connectivity index (χ1v) is 6.08. The molecule has 1 aromatic carbocycles. The molecule has 0 aliphatic heterocycles. The van der Waals surface area contributed by atoms with Crippen LogP contribution in [0, 0.1) is 5.82 Å². The van der Waals surface area contributed by atoms with Crippen molar-refractivity contribution in [3.05, 3.63) is 34.1 Å². The molecule has 0 saturated heterocycles. The molecule has 0 unspecified atom stereocenters. The Hall–Kier alpha value is -0.740. The molecule has 0 saturated carbocycles. The monoisotopic (exact) mass is 287 g/mol. The molecule has 0 aromatic heterocycles. The maximum absolute atomic E-state index is 13.0. The highest BCUT2D eigenvalue weighted by Gasteiger charge is 2.05. The van der Waals surface area contributed by atoms with E-state index in [0.717, 1.165) is 6.54 Å². The topological polar surface area (TPSA) is 29.1 Å². The van der Waals surface area contributed by atoms with Gasteiger partial charge in [0.05, 0.1) is 0 Å². The van der Waals surface area contributed by atoms with Crippen molar-refractivity contribution < 1.29 is 9.18 Å². The van der Waals surface area contributed by atoms with Crippen LogP contribution in [-0.4, -0.2) is 18.9 Å². The van der Waals surface area contributed by atoms with Crippen LogP contribution < -0.4 is 5.32 Å². The molecule has 0 amide bonds. The largest absolute Gasteiger partial charge is 0.317 e. The molecule has 4 heteroatoms.